The van der Waals surface area contributed by atoms with Gasteiger partial charge >= 0.3 is 6.03 Å². The van der Waals surface area contributed by atoms with Gasteiger partial charge in [-0.25, -0.2) is 4.79 Å². The molecule has 0 radical (unpaired) electrons. The van der Waals surface area contributed by atoms with E-state index in [1.54, 1.807) is 0 Å². The zero-order valence-corrected chi connectivity index (χ0v) is 14.7. The van der Waals surface area contributed by atoms with Crippen LogP contribution in [0.15, 0.2) is 36.4 Å². The number of benzene rings is 1. The van der Waals surface area contributed by atoms with Crippen molar-refractivity contribution in [2.24, 2.45) is 0 Å². The van der Waals surface area contributed by atoms with Gasteiger partial charge in [0.15, 0.2) is 0 Å². The molecule has 0 saturated carbocycles. The van der Waals surface area contributed by atoms with Gasteiger partial charge in [-0.3, -0.25) is 0 Å². The lowest BCUT2D eigenvalue weighted by molar-refractivity contribution is 0.190. The lowest BCUT2D eigenvalue weighted by atomic mass is 10.1. The van der Waals surface area contributed by atoms with Crippen LogP contribution < -0.4 is 5.32 Å². The Morgan fingerprint density at radius 2 is 1.87 bits per heavy atom. The molecule has 3 rings (SSSR count). The van der Waals surface area contributed by atoms with Crippen LogP contribution in [-0.2, 0) is 0 Å². The molecule has 1 aliphatic rings. The summed E-state index contributed by atoms with van der Waals surface area (Å²) >= 11 is 1.81. The minimum Gasteiger partial charge on any atom is -0.317 e. The molecule has 2 aromatic rings. The molecule has 1 saturated heterocycles. The molecule has 1 fully saturated rings. The third-order valence-electron chi connectivity index (χ3n) is 4.41. The van der Waals surface area contributed by atoms with Gasteiger partial charge in [0.1, 0.15) is 0 Å². The van der Waals surface area contributed by atoms with E-state index in [1.165, 1.54) is 28.2 Å². The number of nitrogens with zero attached hydrogens (tertiary/aromatic N) is 1. The number of carbonyl (C=O) groups excluding carboxylic acids is 1. The Labute approximate surface area is 142 Å². The second-order valence-electron chi connectivity index (χ2n) is 6.30. The van der Waals surface area contributed by atoms with E-state index in [9.17, 15) is 4.79 Å². The zero-order valence-electron chi connectivity index (χ0n) is 13.8. The van der Waals surface area contributed by atoms with Crippen molar-refractivity contribution in [1.29, 1.82) is 0 Å². The first-order chi connectivity index (χ1) is 11.1. The number of rotatable bonds is 2. The van der Waals surface area contributed by atoms with Crippen LogP contribution in [0.4, 0.5) is 10.5 Å². The Bertz CT molecular complexity index is 662. The standard InChI is InChI=1S/C19H24N2OS/c1-14-7-10-16(11-8-14)20-19(22)21-13-5-3-4-6-17(21)18-12-9-15(2)23-18/h7-12,17H,3-6,13H2,1-2H3,(H,20,22)/t17-/m1/s1. The van der Waals surface area contributed by atoms with Gasteiger partial charge in [-0.1, -0.05) is 30.5 Å². The van der Waals surface area contributed by atoms with Crippen LogP contribution in [0, 0.1) is 13.8 Å². The summed E-state index contributed by atoms with van der Waals surface area (Å²) in [6.45, 7) is 5.01. The number of likely N-dealkylation sites (tertiary alicyclic amines) is 1. The molecule has 1 aliphatic heterocycles. The lowest BCUT2D eigenvalue weighted by Gasteiger charge is -2.29. The average molecular weight is 328 g/mol. The molecule has 3 nitrogen and oxygen atoms in total. The maximum atomic E-state index is 12.8. The lowest BCUT2D eigenvalue weighted by Crippen LogP contribution is -2.37. The molecule has 4 heteroatoms. The van der Waals surface area contributed by atoms with E-state index in [0.717, 1.165) is 25.1 Å². The van der Waals surface area contributed by atoms with Crippen molar-refractivity contribution in [3.8, 4) is 0 Å². The summed E-state index contributed by atoms with van der Waals surface area (Å²) in [4.78, 5) is 17.5. The predicted molar refractivity (Wildman–Crippen MR) is 97.2 cm³/mol. The van der Waals surface area contributed by atoms with Gasteiger partial charge in [0, 0.05) is 22.0 Å². The molecule has 23 heavy (non-hydrogen) atoms. The van der Waals surface area contributed by atoms with E-state index >= 15 is 0 Å². The molecule has 0 unspecified atom stereocenters. The Morgan fingerprint density at radius 1 is 1.09 bits per heavy atom. The van der Waals surface area contributed by atoms with Crippen LogP contribution >= 0.6 is 11.3 Å². The minimum absolute atomic E-state index is 0.0202. The number of amides is 2. The first-order valence-electron chi connectivity index (χ1n) is 8.34. The van der Waals surface area contributed by atoms with Gasteiger partial charge in [0.05, 0.1) is 6.04 Å². The first kappa shape index (κ1) is 16.1. The third-order valence-corrected chi connectivity index (χ3v) is 5.51. The summed E-state index contributed by atoms with van der Waals surface area (Å²) in [6, 6.07) is 12.6. The largest absolute Gasteiger partial charge is 0.322 e. The minimum atomic E-state index is 0.0202. The fraction of sp³-hybridized carbons (Fsp3) is 0.421. The van der Waals surface area contributed by atoms with Crippen molar-refractivity contribution in [2.75, 3.05) is 11.9 Å². The number of thiophene rings is 1. The van der Waals surface area contributed by atoms with E-state index in [0.29, 0.717) is 0 Å². The smallest absolute Gasteiger partial charge is 0.317 e. The van der Waals surface area contributed by atoms with Crippen LogP contribution in [0.1, 0.15) is 47.0 Å². The number of urea groups is 1. The molecule has 0 aliphatic carbocycles. The van der Waals surface area contributed by atoms with Gasteiger partial charge in [-0.15, -0.1) is 11.3 Å². The number of carbonyl (C=O) groups is 1. The van der Waals surface area contributed by atoms with Crippen LogP contribution in [0.3, 0.4) is 0 Å². The number of nitrogens with one attached hydrogen (secondary N) is 1. The molecule has 2 heterocycles. The Morgan fingerprint density at radius 3 is 2.57 bits per heavy atom. The summed E-state index contributed by atoms with van der Waals surface area (Å²) in [5.74, 6) is 0. The fourth-order valence-corrected chi connectivity index (χ4v) is 4.14. The van der Waals surface area contributed by atoms with Gasteiger partial charge < -0.3 is 10.2 Å². The van der Waals surface area contributed by atoms with Crippen molar-refractivity contribution < 1.29 is 4.79 Å². The maximum absolute atomic E-state index is 12.8. The average Bonchev–Trinajstić information content (AvgIpc) is 2.82. The summed E-state index contributed by atoms with van der Waals surface area (Å²) in [5, 5.41) is 3.06. The number of aryl methyl sites for hydroxylation is 2. The molecular formula is C19H24N2OS. The van der Waals surface area contributed by atoms with Crippen molar-refractivity contribution in [1.82, 2.24) is 4.90 Å². The molecule has 1 N–H and O–H groups in total. The third kappa shape index (κ3) is 3.94. The molecule has 2 amide bonds. The summed E-state index contributed by atoms with van der Waals surface area (Å²) in [7, 11) is 0. The molecule has 1 aromatic carbocycles. The van der Waals surface area contributed by atoms with E-state index in [-0.39, 0.29) is 12.1 Å². The number of anilines is 1. The van der Waals surface area contributed by atoms with Crippen LogP contribution in [0.25, 0.3) is 0 Å². The summed E-state index contributed by atoms with van der Waals surface area (Å²) in [6.07, 6.45) is 4.54. The SMILES string of the molecule is Cc1ccc(NC(=O)N2CCCCC[C@@H]2c2ccc(C)s2)cc1. The highest BCUT2D eigenvalue weighted by molar-refractivity contribution is 7.12. The first-order valence-corrected chi connectivity index (χ1v) is 9.16. The van der Waals surface area contributed by atoms with Crippen molar-refractivity contribution >= 4 is 23.1 Å². The summed E-state index contributed by atoms with van der Waals surface area (Å²) in [5.41, 5.74) is 2.07. The second-order valence-corrected chi connectivity index (χ2v) is 7.62. The monoisotopic (exact) mass is 328 g/mol. The number of hydrogen-bond acceptors (Lipinski definition) is 2. The molecule has 122 valence electrons. The van der Waals surface area contributed by atoms with Crippen LogP contribution in [0.2, 0.25) is 0 Å². The van der Waals surface area contributed by atoms with Gasteiger partial charge in [0.2, 0.25) is 0 Å². The van der Waals surface area contributed by atoms with Crippen molar-refractivity contribution in [3.05, 3.63) is 51.7 Å². The Balaban J connectivity index is 1.78. The molecule has 1 atom stereocenters. The van der Waals surface area contributed by atoms with Gasteiger partial charge in [0.25, 0.3) is 0 Å². The highest BCUT2D eigenvalue weighted by Crippen LogP contribution is 2.34. The second kappa shape index (κ2) is 7.18. The van der Waals surface area contributed by atoms with Crippen LogP contribution in [0.5, 0.6) is 0 Å². The van der Waals surface area contributed by atoms with E-state index in [4.69, 9.17) is 0 Å². The van der Waals surface area contributed by atoms with Crippen LogP contribution in [-0.4, -0.2) is 17.5 Å². The fourth-order valence-electron chi connectivity index (χ4n) is 3.11. The van der Waals surface area contributed by atoms with Gasteiger partial charge in [-0.05, 0) is 51.0 Å². The summed E-state index contributed by atoms with van der Waals surface area (Å²) < 4.78 is 0. The molecular weight excluding hydrogens is 304 g/mol. The highest BCUT2D eigenvalue weighted by atomic mass is 32.1. The van der Waals surface area contributed by atoms with Crippen molar-refractivity contribution in [2.45, 2.75) is 45.6 Å². The predicted octanol–water partition coefficient (Wildman–Crippen LogP) is 5.51. The zero-order chi connectivity index (χ0) is 16.2. The van der Waals surface area contributed by atoms with E-state index in [2.05, 4.69) is 31.3 Å². The van der Waals surface area contributed by atoms with Gasteiger partial charge in [-0.2, -0.15) is 0 Å². The van der Waals surface area contributed by atoms with E-state index in [1.807, 2.05) is 40.5 Å². The Hall–Kier alpha value is -1.81. The molecule has 0 spiro atoms. The quantitative estimate of drug-likeness (QED) is 0.774. The topological polar surface area (TPSA) is 32.3 Å². The molecule has 0 bridgehead atoms. The highest BCUT2D eigenvalue weighted by Gasteiger charge is 2.27. The number of hydrogen-bond donors (Lipinski definition) is 1. The Kier molecular flexibility index (Phi) is 5.01. The van der Waals surface area contributed by atoms with E-state index < -0.39 is 0 Å². The van der Waals surface area contributed by atoms with Crippen molar-refractivity contribution in [3.63, 3.8) is 0 Å². The normalized spacial score (nSPS) is 18.5. The molecule has 1 aromatic heterocycles. The maximum Gasteiger partial charge on any atom is 0.322 e.